The molecule has 0 spiro atoms. The molecule has 3 rings (SSSR count). The van der Waals surface area contributed by atoms with Crippen LogP contribution in [0.15, 0.2) is 48.5 Å². The highest BCUT2D eigenvalue weighted by atomic mass is 16.5. The van der Waals surface area contributed by atoms with Crippen molar-refractivity contribution in [2.45, 2.75) is 19.8 Å². The number of nitrogens with one attached hydrogen (secondary N) is 2. The van der Waals surface area contributed by atoms with Crippen molar-refractivity contribution in [3.8, 4) is 5.75 Å². The minimum Gasteiger partial charge on any atom is -0.473 e. The van der Waals surface area contributed by atoms with Gasteiger partial charge in [0.25, 0.3) is 0 Å². The van der Waals surface area contributed by atoms with Crippen molar-refractivity contribution in [1.82, 2.24) is 10.2 Å². The molecule has 0 atom stereocenters. The molecular weight excluding hydrogens is 352 g/mol. The number of hydrogen-bond acceptors (Lipinski definition) is 4. The molecule has 0 saturated carbocycles. The summed E-state index contributed by atoms with van der Waals surface area (Å²) < 4.78 is 5.57. The summed E-state index contributed by atoms with van der Waals surface area (Å²) >= 11 is 0. The number of urea groups is 1. The van der Waals surface area contributed by atoms with E-state index in [0.717, 1.165) is 50.5 Å². The van der Waals surface area contributed by atoms with Crippen LogP contribution in [-0.2, 0) is 6.42 Å². The number of piperazine rings is 1. The fourth-order valence-electron chi connectivity index (χ4n) is 3.22. The van der Waals surface area contributed by atoms with Crippen LogP contribution in [0.25, 0.3) is 0 Å². The Morgan fingerprint density at radius 3 is 2.32 bits per heavy atom. The van der Waals surface area contributed by atoms with Crippen LogP contribution in [0.4, 0.5) is 16.2 Å². The third-order valence-corrected chi connectivity index (χ3v) is 4.93. The van der Waals surface area contributed by atoms with Crippen molar-refractivity contribution >= 4 is 17.4 Å². The van der Waals surface area contributed by atoms with Gasteiger partial charge in [0.2, 0.25) is 0 Å². The van der Waals surface area contributed by atoms with Gasteiger partial charge in [-0.15, -0.1) is 0 Å². The second-order valence-electron chi connectivity index (χ2n) is 7.15. The molecule has 0 aromatic heterocycles. The van der Waals surface area contributed by atoms with Crippen LogP contribution in [0.2, 0.25) is 0 Å². The molecule has 1 saturated heterocycles. The Morgan fingerprint density at radius 2 is 1.68 bits per heavy atom. The van der Waals surface area contributed by atoms with E-state index in [1.165, 1.54) is 11.3 Å². The zero-order chi connectivity index (χ0) is 19.8. The Kier molecular flexibility index (Phi) is 7.14. The van der Waals surface area contributed by atoms with E-state index >= 15 is 0 Å². The van der Waals surface area contributed by atoms with Gasteiger partial charge < -0.3 is 25.2 Å². The van der Waals surface area contributed by atoms with Gasteiger partial charge in [-0.1, -0.05) is 25.5 Å². The molecule has 6 nitrogen and oxygen atoms in total. The zero-order valence-corrected chi connectivity index (χ0v) is 16.8. The first kappa shape index (κ1) is 20.0. The Balaban J connectivity index is 1.40. The Hall–Kier alpha value is -2.73. The largest absolute Gasteiger partial charge is 0.473 e. The fraction of sp³-hybridized carbons (Fsp3) is 0.409. The van der Waals surface area contributed by atoms with E-state index in [1.807, 2.05) is 24.3 Å². The summed E-state index contributed by atoms with van der Waals surface area (Å²) in [5.41, 5.74) is 3.24. The third-order valence-electron chi connectivity index (χ3n) is 4.93. The lowest BCUT2D eigenvalue weighted by Gasteiger charge is -2.34. The number of anilines is 2. The van der Waals surface area contributed by atoms with E-state index in [1.54, 1.807) is 0 Å². The highest BCUT2D eigenvalue weighted by molar-refractivity contribution is 5.89. The maximum atomic E-state index is 12.0. The van der Waals surface area contributed by atoms with Gasteiger partial charge in [0, 0.05) is 37.6 Å². The standard InChI is InChI=1S/C22H30N4O2/c1-3-4-18-5-11-21(12-6-18)28-17-23-22(27)24-19-7-9-20(10-8-19)26-15-13-25(2)14-16-26/h5-12H,3-4,13-17H2,1-2H3,(H2,23,24,27). The van der Waals surface area contributed by atoms with Crippen LogP contribution in [0.1, 0.15) is 18.9 Å². The fourth-order valence-corrected chi connectivity index (χ4v) is 3.22. The van der Waals surface area contributed by atoms with E-state index in [2.05, 4.69) is 58.7 Å². The van der Waals surface area contributed by atoms with E-state index in [0.29, 0.717) is 0 Å². The summed E-state index contributed by atoms with van der Waals surface area (Å²) in [6.07, 6.45) is 2.19. The van der Waals surface area contributed by atoms with Crippen molar-refractivity contribution in [1.29, 1.82) is 0 Å². The molecule has 0 unspecified atom stereocenters. The molecular formula is C22H30N4O2. The number of nitrogens with zero attached hydrogens (tertiary/aromatic N) is 2. The molecule has 2 aromatic carbocycles. The van der Waals surface area contributed by atoms with Gasteiger partial charge in [-0.3, -0.25) is 0 Å². The minimum atomic E-state index is -0.282. The summed E-state index contributed by atoms with van der Waals surface area (Å²) in [6, 6.07) is 15.7. The summed E-state index contributed by atoms with van der Waals surface area (Å²) in [7, 11) is 2.15. The quantitative estimate of drug-likeness (QED) is 0.719. The van der Waals surface area contributed by atoms with Gasteiger partial charge in [-0.05, 0) is 55.4 Å². The SMILES string of the molecule is CCCc1ccc(OCNC(=O)Nc2ccc(N3CCN(C)CC3)cc2)cc1. The van der Waals surface area contributed by atoms with Crippen LogP contribution in [0.5, 0.6) is 5.75 Å². The topological polar surface area (TPSA) is 56.8 Å². The van der Waals surface area contributed by atoms with Gasteiger partial charge in [0.1, 0.15) is 5.75 Å². The van der Waals surface area contributed by atoms with E-state index in [4.69, 9.17) is 4.74 Å². The number of likely N-dealkylation sites (N-methyl/N-ethyl adjacent to an activating group) is 1. The average molecular weight is 383 g/mol. The Morgan fingerprint density at radius 1 is 1.00 bits per heavy atom. The summed E-state index contributed by atoms with van der Waals surface area (Å²) in [6.45, 7) is 6.49. The molecule has 150 valence electrons. The smallest absolute Gasteiger partial charge is 0.321 e. The van der Waals surface area contributed by atoms with E-state index in [-0.39, 0.29) is 12.8 Å². The molecule has 1 heterocycles. The number of amides is 2. The monoisotopic (exact) mass is 382 g/mol. The van der Waals surface area contributed by atoms with Crippen molar-refractivity contribution < 1.29 is 9.53 Å². The van der Waals surface area contributed by atoms with Crippen LogP contribution in [0, 0.1) is 0 Å². The molecule has 1 fully saturated rings. The van der Waals surface area contributed by atoms with Crippen molar-refractivity contribution in [2.75, 3.05) is 50.2 Å². The maximum Gasteiger partial charge on any atom is 0.321 e. The number of benzene rings is 2. The second kappa shape index (κ2) is 9.99. The highest BCUT2D eigenvalue weighted by Crippen LogP contribution is 2.19. The number of rotatable bonds is 7. The van der Waals surface area contributed by atoms with E-state index in [9.17, 15) is 4.79 Å². The molecule has 0 radical (unpaired) electrons. The number of ether oxygens (including phenoxy) is 1. The summed E-state index contributed by atoms with van der Waals surface area (Å²) in [5.74, 6) is 0.747. The van der Waals surface area contributed by atoms with Crippen LogP contribution in [-0.4, -0.2) is 50.9 Å². The minimum absolute atomic E-state index is 0.123. The molecule has 6 heteroatoms. The van der Waals surface area contributed by atoms with Crippen molar-refractivity contribution in [2.24, 2.45) is 0 Å². The van der Waals surface area contributed by atoms with Gasteiger partial charge in [-0.2, -0.15) is 0 Å². The van der Waals surface area contributed by atoms with Gasteiger partial charge in [0.05, 0.1) is 0 Å². The molecule has 0 aliphatic carbocycles. The van der Waals surface area contributed by atoms with E-state index < -0.39 is 0 Å². The number of carbonyl (C=O) groups excluding carboxylic acids is 1. The lowest BCUT2D eigenvalue weighted by atomic mass is 10.1. The zero-order valence-electron chi connectivity index (χ0n) is 16.8. The van der Waals surface area contributed by atoms with Crippen molar-refractivity contribution in [3.05, 3.63) is 54.1 Å². The predicted molar refractivity (Wildman–Crippen MR) is 114 cm³/mol. The third kappa shape index (κ3) is 5.89. The molecule has 1 aliphatic rings. The summed E-state index contributed by atoms with van der Waals surface area (Å²) in [5, 5.41) is 5.55. The lowest BCUT2D eigenvalue weighted by Crippen LogP contribution is -2.44. The number of carbonyl (C=O) groups is 1. The normalized spacial score (nSPS) is 14.6. The number of hydrogen-bond donors (Lipinski definition) is 2. The highest BCUT2D eigenvalue weighted by Gasteiger charge is 2.14. The van der Waals surface area contributed by atoms with Crippen LogP contribution >= 0.6 is 0 Å². The predicted octanol–water partition coefficient (Wildman–Crippen LogP) is 3.55. The molecule has 0 bridgehead atoms. The van der Waals surface area contributed by atoms with Gasteiger partial charge in [-0.25, -0.2) is 4.79 Å². The molecule has 2 aromatic rings. The number of aryl methyl sites for hydroxylation is 1. The van der Waals surface area contributed by atoms with Crippen LogP contribution < -0.4 is 20.3 Å². The second-order valence-corrected chi connectivity index (χ2v) is 7.15. The summed E-state index contributed by atoms with van der Waals surface area (Å²) in [4.78, 5) is 16.7. The first-order chi connectivity index (χ1) is 13.6. The van der Waals surface area contributed by atoms with Crippen molar-refractivity contribution in [3.63, 3.8) is 0 Å². The molecule has 1 aliphatic heterocycles. The molecule has 2 amide bonds. The Bertz CT molecular complexity index is 738. The molecule has 2 N–H and O–H groups in total. The van der Waals surface area contributed by atoms with Gasteiger partial charge >= 0.3 is 6.03 Å². The maximum absolute atomic E-state index is 12.0. The average Bonchev–Trinajstić information content (AvgIpc) is 2.71. The Labute approximate surface area is 167 Å². The first-order valence-electron chi connectivity index (χ1n) is 9.94. The molecule has 28 heavy (non-hydrogen) atoms. The lowest BCUT2D eigenvalue weighted by molar-refractivity contribution is 0.234. The van der Waals surface area contributed by atoms with Crippen LogP contribution in [0.3, 0.4) is 0 Å². The first-order valence-corrected chi connectivity index (χ1v) is 9.94. The van der Waals surface area contributed by atoms with Gasteiger partial charge in [0.15, 0.2) is 6.73 Å².